The number of sulfonamides is 1. The number of thiocarbonyl (C=S) groups is 1. The van der Waals surface area contributed by atoms with Crippen molar-refractivity contribution in [1.29, 1.82) is 0 Å². The molecule has 0 aromatic heterocycles. The number of thioether (sulfide) groups is 1. The molecule has 162 valence electrons. The predicted molar refractivity (Wildman–Crippen MR) is 118 cm³/mol. The first-order valence-electron chi connectivity index (χ1n) is 8.50. The Labute approximate surface area is 188 Å². The van der Waals surface area contributed by atoms with E-state index in [4.69, 9.17) is 12.2 Å². The number of nitro benzene ring substituents is 2. The van der Waals surface area contributed by atoms with E-state index in [0.29, 0.717) is 0 Å². The maximum Gasteiger partial charge on any atom is 0.285 e. The Bertz CT molecular complexity index is 1400. The third kappa shape index (κ3) is 3.72. The van der Waals surface area contributed by atoms with E-state index in [1.54, 1.807) is 6.07 Å². The van der Waals surface area contributed by atoms with Crippen LogP contribution in [-0.4, -0.2) is 39.3 Å². The number of hydrogen-bond donors (Lipinski definition) is 1. The van der Waals surface area contributed by atoms with Crippen LogP contribution >= 0.6 is 24.0 Å². The van der Waals surface area contributed by atoms with Gasteiger partial charge in [0.1, 0.15) is 4.90 Å². The molecule has 15 heteroatoms. The Kier molecular flexibility index (Phi) is 5.23. The smallest absolute Gasteiger partial charge is 0.272 e. The molecule has 0 aliphatic carbocycles. The Morgan fingerprint density at radius 3 is 2.53 bits per heavy atom. The van der Waals surface area contributed by atoms with Gasteiger partial charge in [-0.25, -0.2) is 0 Å². The molecule has 0 saturated carbocycles. The zero-order chi connectivity index (χ0) is 23.2. The molecular weight excluding hydrogens is 482 g/mol. The van der Waals surface area contributed by atoms with Crippen molar-refractivity contribution in [2.75, 3.05) is 0 Å². The zero-order valence-corrected chi connectivity index (χ0v) is 17.9. The molecule has 2 heterocycles. The largest absolute Gasteiger partial charge is 0.285 e. The first kappa shape index (κ1) is 21.5. The minimum absolute atomic E-state index is 0.00538. The molecule has 4 rings (SSSR count). The molecule has 1 fully saturated rings. The number of amides is 1. The van der Waals surface area contributed by atoms with Crippen LogP contribution in [0.25, 0.3) is 6.08 Å². The molecule has 2 aromatic carbocycles. The Hall–Kier alpha value is -3.69. The van der Waals surface area contributed by atoms with E-state index in [1.165, 1.54) is 24.3 Å². The molecule has 2 aliphatic heterocycles. The molecule has 2 aromatic rings. The average Bonchev–Trinajstić information content (AvgIpc) is 3.15. The van der Waals surface area contributed by atoms with Crippen molar-refractivity contribution in [1.82, 2.24) is 10.4 Å². The molecular formula is C17H9N5O7S3. The first-order valence-corrected chi connectivity index (χ1v) is 11.2. The summed E-state index contributed by atoms with van der Waals surface area (Å²) >= 11 is 6.00. The van der Waals surface area contributed by atoms with Crippen LogP contribution in [0.3, 0.4) is 0 Å². The minimum Gasteiger partial charge on any atom is -0.272 e. The van der Waals surface area contributed by atoms with Gasteiger partial charge in [0, 0.05) is 11.6 Å². The van der Waals surface area contributed by atoms with Crippen LogP contribution in [-0.2, 0) is 14.8 Å². The Morgan fingerprint density at radius 2 is 1.84 bits per heavy atom. The number of hydrogen-bond acceptors (Lipinski definition) is 10. The second-order valence-electron chi connectivity index (χ2n) is 6.30. The van der Waals surface area contributed by atoms with Crippen molar-refractivity contribution in [3.05, 3.63) is 78.7 Å². The van der Waals surface area contributed by atoms with Crippen molar-refractivity contribution in [3.63, 3.8) is 0 Å². The Balaban J connectivity index is 1.66. The average molecular weight is 491 g/mol. The fourth-order valence-electron chi connectivity index (χ4n) is 2.92. The number of benzene rings is 2. The van der Waals surface area contributed by atoms with E-state index in [1.807, 2.05) is 0 Å². The highest BCUT2D eigenvalue weighted by atomic mass is 32.2. The lowest BCUT2D eigenvalue weighted by Gasteiger charge is -2.16. The second-order valence-corrected chi connectivity index (χ2v) is 9.55. The zero-order valence-electron chi connectivity index (χ0n) is 15.5. The monoisotopic (exact) mass is 491 g/mol. The number of nitro groups is 2. The van der Waals surface area contributed by atoms with Gasteiger partial charge >= 0.3 is 0 Å². The summed E-state index contributed by atoms with van der Waals surface area (Å²) in [5.74, 6) is -0.795. The van der Waals surface area contributed by atoms with E-state index in [0.717, 1.165) is 35.0 Å². The fraction of sp³-hybridized carbons (Fsp3) is 0. The summed E-state index contributed by atoms with van der Waals surface area (Å²) in [4.78, 5) is 33.5. The van der Waals surface area contributed by atoms with Crippen molar-refractivity contribution >= 4 is 67.5 Å². The summed E-state index contributed by atoms with van der Waals surface area (Å²) in [5.41, 5.74) is 1.79. The number of fused-ring (bicyclic) bond motifs is 1. The minimum atomic E-state index is -3.93. The highest BCUT2D eigenvalue weighted by Crippen LogP contribution is 2.35. The van der Waals surface area contributed by atoms with E-state index >= 15 is 0 Å². The number of rotatable bonds is 4. The van der Waals surface area contributed by atoms with Gasteiger partial charge in [0.25, 0.3) is 27.3 Å². The van der Waals surface area contributed by atoms with Crippen LogP contribution in [0.5, 0.6) is 0 Å². The molecule has 32 heavy (non-hydrogen) atoms. The van der Waals surface area contributed by atoms with Crippen LogP contribution in [0.2, 0.25) is 0 Å². The first-order chi connectivity index (χ1) is 15.1. The molecule has 2 aliphatic rings. The lowest BCUT2D eigenvalue weighted by Crippen LogP contribution is -2.44. The van der Waals surface area contributed by atoms with Gasteiger partial charge in [-0.15, -0.1) is 4.40 Å². The molecule has 1 saturated heterocycles. The third-order valence-electron chi connectivity index (χ3n) is 4.35. The summed E-state index contributed by atoms with van der Waals surface area (Å²) in [6.45, 7) is 0. The van der Waals surface area contributed by atoms with Crippen molar-refractivity contribution < 1.29 is 23.1 Å². The SMILES string of the molecule is O=C1C(=Cc2ccc([N+](=O)[O-])cc2[N+](=O)[O-])SC(=S)N1NC1=NS(=O)(=O)c2ccccc21. The maximum absolute atomic E-state index is 12.8. The summed E-state index contributed by atoms with van der Waals surface area (Å²) < 4.78 is 28.0. The molecule has 0 unspecified atom stereocenters. The van der Waals surface area contributed by atoms with Gasteiger partial charge in [0.15, 0.2) is 10.2 Å². The van der Waals surface area contributed by atoms with Gasteiger partial charge in [-0.3, -0.25) is 30.4 Å². The lowest BCUT2D eigenvalue weighted by atomic mass is 10.1. The molecule has 1 N–H and O–H groups in total. The van der Waals surface area contributed by atoms with Gasteiger partial charge in [-0.2, -0.15) is 13.4 Å². The van der Waals surface area contributed by atoms with E-state index in [-0.39, 0.29) is 31.1 Å². The standard InChI is InChI=1S/C17H9N5O7S3/c23-16-13(7-9-5-6-10(21(24)25)8-12(9)22(26)27)31-17(30)20(16)18-15-11-3-1-2-4-14(11)32(28,29)19-15/h1-8H,(H,18,19). The molecule has 12 nitrogen and oxygen atoms in total. The summed E-state index contributed by atoms with van der Waals surface area (Å²) in [6, 6.07) is 9.05. The number of nitrogens with zero attached hydrogens (tertiary/aromatic N) is 4. The number of carbonyl (C=O) groups is 1. The number of hydrazine groups is 1. The van der Waals surface area contributed by atoms with Crippen LogP contribution in [0.4, 0.5) is 11.4 Å². The normalized spacial score (nSPS) is 17.9. The van der Waals surface area contributed by atoms with Gasteiger partial charge in [-0.1, -0.05) is 23.9 Å². The van der Waals surface area contributed by atoms with Gasteiger partial charge < -0.3 is 0 Å². The van der Waals surface area contributed by atoms with E-state index in [9.17, 15) is 33.4 Å². The molecule has 0 spiro atoms. The summed E-state index contributed by atoms with van der Waals surface area (Å²) in [7, 11) is -3.93. The summed E-state index contributed by atoms with van der Waals surface area (Å²) in [6.07, 6.45) is 1.18. The van der Waals surface area contributed by atoms with Crippen LogP contribution < -0.4 is 5.43 Å². The van der Waals surface area contributed by atoms with Crippen molar-refractivity contribution in [2.45, 2.75) is 4.90 Å². The number of non-ortho nitro benzene ring substituents is 1. The lowest BCUT2D eigenvalue weighted by molar-refractivity contribution is -0.394. The highest BCUT2D eigenvalue weighted by molar-refractivity contribution is 8.26. The van der Waals surface area contributed by atoms with Crippen molar-refractivity contribution in [3.8, 4) is 0 Å². The fourth-order valence-corrected chi connectivity index (χ4v) is 5.26. The highest BCUT2D eigenvalue weighted by Gasteiger charge is 2.37. The quantitative estimate of drug-likeness (QED) is 0.290. The van der Waals surface area contributed by atoms with Gasteiger partial charge in [-0.05, 0) is 36.5 Å². The van der Waals surface area contributed by atoms with Gasteiger partial charge in [0.2, 0.25) is 0 Å². The summed E-state index contributed by atoms with van der Waals surface area (Å²) in [5, 5.41) is 23.1. The topological polar surface area (TPSA) is 165 Å². The maximum atomic E-state index is 12.8. The Morgan fingerprint density at radius 1 is 1.12 bits per heavy atom. The van der Waals surface area contributed by atoms with E-state index < -0.39 is 37.2 Å². The number of amidine groups is 1. The number of nitrogens with one attached hydrogen (secondary N) is 1. The van der Waals surface area contributed by atoms with E-state index in [2.05, 4.69) is 9.82 Å². The molecule has 0 radical (unpaired) electrons. The third-order valence-corrected chi connectivity index (χ3v) is 6.99. The van der Waals surface area contributed by atoms with Crippen LogP contribution in [0.15, 0.2) is 56.7 Å². The molecule has 1 amide bonds. The second kappa shape index (κ2) is 7.77. The predicted octanol–water partition coefficient (Wildman–Crippen LogP) is 2.36. The van der Waals surface area contributed by atoms with Crippen LogP contribution in [0, 0.1) is 20.2 Å². The molecule has 0 atom stereocenters. The van der Waals surface area contributed by atoms with Crippen LogP contribution in [0.1, 0.15) is 11.1 Å². The molecule has 0 bridgehead atoms. The number of carbonyl (C=O) groups excluding carboxylic acids is 1. The van der Waals surface area contributed by atoms with Gasteiger partial charge in [0.05, 0.1) is 26.4 Å². The van der Waals surface area contributed by atoms with Crippen molar-refractivity contribution in [2.24, 2.45) is 4.40 Å².